The molecule has 0 saturated heterocycles. The van der Waals surface area contributed by atoms with Gasteiger partial charge in [-0.1, -0.05) is 30.0 Å². The number of amides is 2. The molecule has 1 aliphatic rings. The maximum atomic E-state index is 13.5. The fourth-order valence-electron chi connectivity index (χ4n) is 3.57. The molecule has 0 radical (unpaired) electrons. The molecular weight excluding hydrogens is 510 g/mol. The van der Waals surface area contributed by atoms with E-state index in [9.17, 15) is 9.59 Å². The number of aliphatic imine (C=N–C) groups is 1. The summed E-state index contributed by atoms with van der Waals surface area (Å²) < 4.78 is 23.0. The van der Waals surface area contributed by atoms with Crippen molar-refractivity contribution in [3.05, 3.63) is 59.9 Å². The van der Waals surface area contributed by atoms with Crippen LogP contribution in [-0.4, -0.2) is 49.3 Å². The van der Waals surface area contributed by atoms with Crippen molar-refractivity contribution < 1.29 is 33.0 Å². The van der Waals surface area contributed by atoms with Crippen LogP contribution in [0.5, 0.6) is 17.2 Å². The van der Waals surface area contributed by atoms with Crippen molar-refractivity contribution in [1.29, 1.82) is 0 Å². The molecule has 12 heteroatoms. The van der Waals surface area contributed by atoms with E-state index in [2.05, 4.69) is 15.6 Å². The fourth-order valence-corrected chi connectivity index (χ4v) is 4.38. The van der Waals surface area contributed by atoms with Gasteiger partial charge in [-0.05, 0) is 42.8 Å². The number of benzene rings is 2. The quantitative estimate of drug-likeness (QED) is 0.324. The summed E-state index contributed by atoms with van der Waals surface area (Å²) in [6, 6.07) is 12.6. The Morgan fingerprint density at radius 2 is 1.79 bits per heavy atom. The molecule has 11 nitrogen and oxygen atoms in total. The summed E-state index contributed by atoms with van der Waals surface area (Å²) in [5.74, 6) is 1.00. The van der Waals surface area contributed by atoms with Gasteiger partial charge in [-0.2, -0.15) is 0 Å². The first-order chi connectivity index (χ1) is 18.3. The molecule has 0 bridgehead atoms. The third-order valence-corrected chi connectivity index (χ3v) is 6.42. The van der Waals surface area contributed by atoms with E-state index in [0.717, 1.165) is 11.8 Å². The highest BCUT2D eigenvalue weighted by Crippen LogP contribution is 2.37. The van der Waals surface area contributed by atoms with E-state index in [1.165, 1.54) is 26.2 Å². The van der Waals surface area contributed by atoms with Crippen LogP contribution < -0.4 is 29.1 Å². The van der Waals surface area contributed by atoms with Crippen LogP contribution in [0.1, 0.15) is 25.5 Å². The molecular formula is C26H28N5O6S+. The average Bonchev–Trinajstić information content (AvgIpc) is 3.52. The van der Waals surface area contributed by atoms with Crippen molar-refractivity contribution in [2.45, 2.75) is 19.9 Å². The largest absolute Gasteiger partial charge is 0.496 e. The van der Waals surface area contributed by atoms with Crippen molar-refractivity contribution in [1.82, 2.24) is 5.27 Å². The number of aromatic nitrogens is 2. The lowest BCUT2D eigenvalue weighted by Gasteiger charge is -2.17. The molecule has 2 aromatic carbocycles. The van der Waals surface area contributed by atoms with Crippen LogP contribution in [0.15, 0.2) is 63.9 Å². The minimum atomic E-state index is -0.343. The lowest BCUT2D eigenvalue weighted by molar-refractivity contribution is -0.779. The molecule has 0 aliphatic carbocycles. The Hall–Kier alpha value is -4.32. The van der Waals surface area contributed by atoms with E-state index in [-0.39, 0.29) is 35.2 Å². The van der Waals surface area contributed by atoms with Crippen molar-refractivity contribution >= 4 is 46.4 Å². The maximum Gasteiger partial charge on any atom is 0.302 e. The standard InChI is InChI=1S/C26H27N5O6S/c1-16(2)30-14-24(37-29-30)28-23(32)15-38-26-27-19(25(33)31(26)18-9-7-6-8-10-18)11-17-12-21(35-4)22(36-5)13-20(17)34-3/h6-14,16H,15H2,1-5H3/p+1/b19-11+. The first-order valence-corrected chi connectivity index (χ1v) is 12.6. The molecule has 3 aromatic rings. The zero-order valence-electron chi connectivity index (χ0n) is 21.6. The van der Waals surface area contributed by atoms with Crippen LogP contribution in [0, 0.1) is 0 Å². The highest BCUT2D eigenvalue weighted by molar-refractivity contribution is 8.14. The minimum absolute atomic E-state index is 0.00914. The topological polar surface area (TPSA) is 119 Å². The van der Waals surface area contributed by atoms with E-state index in [1.54, 1.807) is 41.2 Å². The van der Waals surface area contributed by atoms with Crippen LogP contribution in [-0.2, 0) is 9.59 Å². The van der Waals surface area contributed by atoms with Crippen LogP contribution in [0.4, 0.5) is 11.6 Å². The van der Waals surface area contributed by atoms with Gasteiger partial charge in [-0.15, -0.1) is 0 Å². The van der Waals surface area contributed by atoms with Crippen molar-refractivity contribution in [2.75, 3.05) is 37.3 Å². The Labute approximate surface area is 224 Å². The number of thioether (sulfide) groups is 1. The van der Waals surface area contributed by atoms with Gasteiger partial charge in [0.1, 0.15) is 11.4 Å². The van der Waals surface area contributed by atoms with E-state index in [0.29, 0.717) is 33.7 Å². The second-order valence-corrected chi connectivity index (χ2v) is 9.27. The molecule has 1 aromatic heterocycles. The number of amidine groups is 1. The highest BCUT2D eigenvalue weighted by Gasteiger charge is 2.33. The van der Waals surface area contributed by atoms with Gasteiger partial charge >= 0.3 is 5.88 Å². The van der Waals surface area contributed by atoms with Gasteiger partial charge in [0.25, 0.3) is 12.1 Å². The van der Waals surface area contributed by atoms with Crippen LogP contribution in [0.25, 0.3) is 6.08 Å². The number of nitrogens with one attached hydrogen (secondary N) is 1. The van der Waals surface area contributed by atoms with Crippen LogP contribution in [0.3, 0.4) is 0 Å². The number of anilines is 2. The molecule has 198 valence electrons. The number of hydrogen-bond acceptors (Lipinski definition) is 9. The molecule has 0 fully saturated rings. The summed E-state index contributed by atoms with van der Waals surface area (Å²) in [6.45, 7) is 3.89. The first kappa shape index (κ1) is 26.7. The third kappa shape index (κ3) is 5.80. The summed E-state index contributed by atoms with van der Waals surface area (Å²) in [5.41, 5.74) is 1.38. The Kier molecular flexibility index (Phi) is 8.31. The molecule has 2 heterocycles. The number of rotatable bonds is 9. The monoisotopic (exact) mass is 538 g/mol. The lowest BCUT2D eigenvalue weighted by Crippen LogP contribution is -2.37. The Morgan fingerprint density at radius 1 is 1.11 bits per heavy atom. The van der Waals surface area contributed by atoms with Crippen LogP contribution in [0.2, 0.25) is 0 Å². The Balaban J connectivity index is 1.61. The number of ether oxygens (including phenoxy) is 3. The number of nitrogens with zero attached hydrogens (tertiary/aromatic N) is 4. The molecule has 2 amide bonds. The SMILES string of the molecule is COc1cc(OC)c(OC)cc1/C=C1/N=C(SCC(=O)Nc2c[n+](C(C)C)no2)N(c2ccccc2)C1=O. The predicted octanol–water partition coefficient (Wildman–Crippen LogP) is 3.68. The van der Waals surface area contributed by atoms with Gasteiger partial charge < -0.3 is 14.2 Å². The number of hydrogen-bond donors (Lipinski definition) is 1. The van der Waals surface area contributed by atoms with Crippen molar-refractivity contribution in [3.63, 3.8) is 0 Å². The molecule has 1 aliphatic heterocycles. The van der Waals surface area contributed by atoms with Gasteiger partial charge in [0, 0.05) is 11.6 Å². The Morgan fingerprint density at radius 3 is 2.42 bits per heavy atom. The average molecular weight is 539 g/mol. The van der Waals surface area contributed by atoms with Gasteiger partial charge in [0.15, 0.2) is 22.7 Å². The van der Waals surface area contributed by atoms with Crippen LogP contribution >= 0.6 is 11.8 Å². The maximum absolute atomic E-state index is 13.5. The molecule has 38 heavy (non-hydrogen) atoms. The van der Waals surface area contributed by atoms with E-state index in [4.69, 9.17) is 18.7 Å². The molecule has 0 unspecified atom stereocenters. The third-order valence-electron chi connectivity index (χ3n) is 5.48. The highest BCUT2D eigenvalue weighted by atomic mass is 32.2. The molecule has 0 saturated carbocycles. The number of para-hydroxylation sites is 1. The number of methoxy groups -OCH3 is 3. The zero-order chi connectivity index (χ0) is 27.2. The number of carbonyl (C=O) groups excluding carboxylic acids is 2. The fraction of sp³-hybridized carbons (Fsp3) is 0.269. The van der Waals surface area contributed by atoms with Crippen molar-refractivity contribution in [3.8, 4) is 17.2 Å². The summed E-state index contributed by atoms with van der Waals surface area (Å²) in [5, 5.41) is 6.89. The molecule has 4 rings (SSSR count). The first-order valence-electron chi connectivity index (χ1n) is 11.6. The van der Waals surface area contributed by atoms with Gasteiger partial charge in [0.2, 0.25) is 11.2 Å². The normalized spacial score (nSPS) is 14.2. The number of carbonyl (C=O) groups is 2. The van der Waals surface area contributed by atoms with E-state index < -0.39 is 0 Å². The summed E-state index contributed by atoms with van der Waals surface area (Å²) in [4.78, 5) is 32.2. The Bertz CT molecular complexity index is 1390. The molecule has 0 atom stereocenters. The minimum Gasteiger partial charge on any atom is -0.496 e. The van der Waals surface area contributed by atoms with Gasteiger partial charge in [0.05, 0.1) is 32.8 Å². The second kappa shape index (κ2) is 11.8. The lowest BCUT2D eigenvalue weighted by atomic mass is 10.1. The van der Waals surface area contributed by atoms with E-state index in [1.807, 2.05) is 32.0 Å². The summed E-state index contributed by atoms with van der Waals surface area (Å²) in [7, 11) is 4.58. The molecule has 1 N–H and O–H groups in total. The zero-order valence-corrected chi connectivity index (χ0v) is 22.4. The van der Waals surface area contributed by atoms with Gasteiger partial charge in [-0.25, -0.2) is 4.99 Å². The second-order valence-electron chi connectivity index (χ2n) is 8.33. The van der Waals surface area contributed by atoms with Gasteiger partial charge in [-0.3, -0.25) is 24.3 Å². The van der Waals surface area contributed by atoms with E-state index >= 15 is 0 Å². The summed E-state index contributed by atoms with van der Waals surface area (Å²) in [6.07, 6.45) is 3.23. The summed E-state index contributed by atoms with van der Waals surface area (Å²) >= 11 is 1.13. The van der Waals surface area contributed by atoms with Crippen molar-refractivity contribution in [2.24, 2.45) is 4.99 Å². The predicted molar refractivity (Wildman–Crippen MR) is 144 cm³/mol. The smallest absolute Gasteiger partial charge is 0.302 e. The molecule has 0 spiro atoms.